The van der Waals surface area contributed by atoms with Crippen LogP contribution in [0.1, 0.15) is 22.8 Å². The summed E-state index contributed by atoms with van der Waals surface area (Å²) in [7, 11) is 0. The number of halogens is 1. The lowest BCUT2D eigenvalue weighted by Crippen LogP contribution is -1.94. The van der Waals surface area contributed by atoms with Gasteiger partial charge in [-0.2, -0.15) is 10.5 Å². The van der Waals surface area contributed by atoms with Gasteiger partial charge in [0.1, 0.15) is 23.5 Å². The molecule has 0 aliphatic heterocycles. The van der Waals surface area contributed by atoms with Crippen molar-refractivity contribution in [1.29, 1.82) is 10.5 Å². The van der Waals surface area contributed by atoms with Crippen LogP contribution in [0, 0.1) is 28.5 Å². The van der Waals surface area contributed by atoms with E-state index >= 15 is 0 Å². The van der Waals surface area contributed by atoms with Gasteiger partial charge in [0.25, 0.3) is 0 Å². The van der Waals surface area contributed by atoms with Gasteiger partial charge in [-0.1, -0.05) is 18.2 Å². The second-order valence-electron chi connectivity index (χ2n) is 3.67. The molecule has 1 aliphatic carbocycles. The summed E-state index contributed by atoms with van der Waals surface area (Å²) >= 11 is 0. The zero-order valence-electron chi connectivity index (χ0n) is 9.49. The third kappa shape index (κ3) is 1.44. The highest BCUT2D eigenvalue weighted by atomic mass is 19.1. The summed E-state index contributed by atoms with van der Waals surface area (Å²) < 4.78 is 13.8. The average molecular weight is 238 g/mol. The Labute approximate surface area is 103 Å². The van der Waals surface area contributed by atoms with Gasteiger partial charge >= 0.3 is 0 Å². The maximum atomic E-state index is 13.8. The fourth-order valence-corrected chi connectivity index (χ4v) is 2.03. The van der Waals surface area contributed by atoms with Crippen molar-refractivity contribution < 1.29 is 9.18 Å². The van der Waals surface area contributed by atoms with Crippen LogP contribution in [0.4, 0.5) is 4.39 Å². The van der Waals surface area contributed by atoms with Gasteiger partial charge in [-0.25, -0.2) is 4.39 Å². The molecule has 3 nitrogen and oxygen atoms in total. The zero-order valence-corrected chi connectivity index (χ0v) is 9.49. The van der Waals surface area contributed by atoms with E-state index in [2.05, 4.69) is 0 Å². The van der Waals surface area contributed by atoms with Crippen molar-refractivity contribution in [3.8, 4) is 12.1 Å². The monoisotopic (exact) mass is 238 g/mol. The molecule has 0 N–H and O–H groups in total. The van der Waals surface area contributed by atoms with Gasteiger partial charge in [0.15, 0.2) is 5.78 Å². The molecule has 0 fully saturated rings. The highest BCUT2D eigenvalue weighted by Crippen LogP contribution is 2.39. The van der Waals surface area contributed by atoms with Crippen molar-refractivity contribution in [3.05, 3.63) is 52.4 Å². The number of hydrogen-bond donors (Lipinski definition) is 0. The van der Waals surface area contributed by atoms with Crippen molar-refractivity contribution in [2.45, 2.75) is 6.92 Å². The number of hydrogen-bond acceptors (Lipinski definition) is 3. The Bertz CT molecular complexity index is 683. The lowest BCUT2D eigenvalue weighted by molar-refractivity contribution is 0.104. The number of ketones is 1. The second kappa shape index (κ2) is 4.27. The molecule has 0 atom stereocenters. The topological polar surface area (TPSA) is 64.7 Å². The summed E-state index contributed by atoms with van der Waals surface area (Å²) in [6.07, 6.45) is 1.49. The van der Waals surface area contributed by atoms with Gasteiger partial charge in [0, 0.05) is 22.3 Å². The van der Waals surface area contributed by atoms with E-state index in [1.165, 1.54) is 24.3 Å². The highest BCUT2D eigenvalue weighted by molar-refractivity contribution is 6.27. The first kappa shape index (κ1) is 11.8. The Morgan fingerprint density at radius 1 is 1.33 bits per heavy atom. The van der Waals surface area contributed by atoms with E-state index in [1.807, 2.05) is 0 Å². The Kier molecular flexibility index (Phi) is 2.79. The molecular weight excluding hydrogens is 231 g/mol. The molecule has 18 heavy (non-hydrogen) atoms. The molecule has 4 heteroatoms. The first-order valence-electron chi connectivity index (χ1n) is 5.20. The summed E-state index contributed by atoms with van der Waals surface area (Å²) in [5, 5.41) is 17.8. The van der Waals surface area contributed by atoms with Crippen molar-refractivity contribution in [2.24, 2.45) is 0 Å². The molecular formula is C14H7FN2O. The van der Waals surface area contributed by atoms with Crippen LogP contribution < -0.4 is 0 Å². The minimum atomic E-state index is -0.601. The summed E-state index contributed by atoms with van der Waals surface area (Å²) in [5.41, 5.74) is 0.295. The number of nitrogens with zero attached hydrogens (tertiary/aromatic N) is 2. The van der Waals surface area contributed by atoms with Crippen LogP contribution in [0.5, 0.6) is 0 Å². The molecule has 0 bridgehead atoms. The Morgan fingerprint density at radius 2 is 2.00 bits per heavy atom. The molecule has 0 spiro atoms. The van der Waals surface area contributed by atoms with Gasteiger partial charge in [-0.05, 0) is 13.0 Å². The predicted molar refractivity (Wildman–Crippen MR) is 62.6 cm³/mol. The molecule has 1 aliphatic rings. The summed E-state index contributed by atoms with van der Waals surface area (Å²) in [6.45, 7) is 1.61. The zero-order chi connectivity index (χ0) is 13.3. The van der Waals surface area contributed by atoms with E-state index in [1.54, 1.807) is 19.1 Å². The number of fused-ring (bicyclic) bond motifs is 1. The first-order valence-corrected chi connectivity index (χ1v) is 5.20. The minimum absolute atomic E-state index is 0.0497. The Balaban J connectivity index is 2.94. The van der Waals surface area contributed by atoms with Crippen molar-refractivity contribution >= 4 is 11.4 Å². The number of allylic oxidation sites excluding steroid dienone is 4. The SMILES string of the molecule is C/C=C1\C(=O)c2cccc(F)c2C1=C(C#N)C#N. The molecule has 0 amide bonds. The molecule has 0 radical (unpaired) electrons. The largest absolute Gasteiger partial charge is 0.289 e. The molecule has 0 unspecified atom stereocenters. The lowest BCUT2D eigenvalue weighted by atomic mass is 9.99. The van der Waals surface area contributed by atoms with E-state index in [0.717, 1.165) is 0 Å². The standard InChI is InChI=1S/C14H7FN2O/c1-2-9-12(8(6-16)7-17)13-10(14(9)18)4-3-5-11(13)15/h2-5H,1H3/b9-2-. The van der Waals surface area contributed by atoms with E-state index in [4.69, 9.17) is 10.5 Å². The van der Waals surface area contributed by atoms with Crippen LogP contribution >= 0.6 is 0 Å². The third-order valence-corrected chi connectivity index (χ3v) is 2.78. The number of carbonyl (C=O) groups excluding carboxylic acids is 1. The van der Waals surface area contributed by atoms with E-state index in [9.17, 15) is 9.18 Å². The third-order valence-electron chi connectivity index (χ3n) is 2.78. The van der Waals surface area contributed by atoms with Gasteiger partial charge in [0.05, 0.1) is 0 Å². The lowest BCUT2D eigenvalue weighted by Gasteiger charge is -2.01. The summed E-state index contributed by atoms with van der Waals surface area (Å²) in [4.78, 5) is 12.0. The summed E-state index contributed by atoms with van der Waals surface area (Å²) in [5.74, 6) is -0.958. The maximum absolute atomic E-state index is 13.8. The van der Waals surface area contributed by atoms with E-state index in [-0.39, 0.29) is 33.6 Å². The molecule has 0 saturated heterocycles. The molecule has 2 rings (SSSR count). The Hall–Kier alpha value is -2.72. The van der Waals surface area contributed by atoms with Crippen LogP contribution in [0.2, 0.25) is 0 Å². The quantitative estimate of drug-likeness (QED) is 0.515. The number of benzene rings is 1. The van der Waals surface area contributed by atoms with Crippen LogP contribution in [-0.2, 0) is 0 Å². The molecule has 1 aromatic carbocycles. The van der Waals surface area contributed by atoms with Gasteiger partial charge in [-0.3, -0.25) is 4.79 Å². The number of nitriles is 2. The number of rotatable bonds is 0. The highest BCUT2D eigenvalue weighted by Gasteiger charge is 2.34. The van der Waals surface area contributed by atoms with E-state index < -0.39 is 5.82 Å². The maximum Gasteiger partial charge on any atom is 0.194 e. The van der Waals surface area contributed by atoms with Crippen LogP contribution in [-0.4, -0.2) is 5.78 Å². The van der Waals surface area contributed by atoms with Crippen molar-refractivity contribution in [1.82, 2.24) is 0 Å². The minimum Gasteiger partial charge on any atom is -0.289 e. The second-order valence-corrected chi connectivity index (χ2v) is 3.67. The fraction of sp³-hybridized carbons (Fsp3) is 0.0714. The first-order chi connectivity index (χ1) is 8.65. The van der Waals surface area contributed by atoms with Crippen molar-refractivity contribution in [3.63, 3.8) is 0 Å². The summed E-state index contributed by atoms with van der Waals surface area (Å²) in [6, 6.07) is 7.54. The van der Waals surface area contributed by atoms with Gasteiger partial charge < -0.3 is 0 Å². The van der Waals surface area contributed by atoms with Crippen LogP contribution in [0.15, 0.2) is 35.4 Å². The normalized spacial score (nSPS) is 15.2. The molecule has 0 aromatic heterocycles. The van der Waals surface area contributed by atoms with Gasteiger partial charge in [-0.15, -0.1) is 0 Å². The Morgan fingerprint density at radius 3 is 2.56 bits per heavy atom. The molecule has 0 saturated carbocycles. The smallest absolute Gasteiger partial charge is 0.194 e. The molecule has 1 aromatic rings. The average Bonchev–Trinajstić information content (AvgIpc) is 2.66. The van der Waals surface area contributed by atoms with Gasteiger partial charge in [0.2, 0.25) is 0 Å². The van der Waals surface area contributed by atoms with Crippen LogP contribution in [0.3, 0.4) is 0 Å². The van der Waals surface area contributed by atoms with Crippen LogP contribution in [0.25, 0.3) is 5.57 Å². The fourth-order valence-electron chi connectivity index (χ4n) is 2.03. The number of carbonyl (C=O) groups is 1. The van der Waals surface area contributed by atoms with Crippen molar-refractivity contribution in [2.75, 3.05) is 0 Å². The predicted octanol–water partition coefficient (Wildman–Crippen LogP) is 2.77. The van der Waals surface area contributed by atoms with E-state index in [0.29, 0.717) is 0 Å². The number of Topliss-reactive ketones (excluding diaryl/α,β-unsaturated/α-hetero) is 1. The molecule has 0 heterocycles. The molecule has 86 valence electrons.